The molecule has 0 amide bonds. The summed E-state index contributed by atoms with van der Waals surface area (Å²) in [5.74, 6) is 0. The topological polar surface area (TPSA) is 13.1 Å². The van der Waals surface area contributed by atoms with Crippen LogP contribution in [0.15, 0.2) is 211 Å². The van der Waals surface area contributed by atoms with Crippen LogP contribution in [0.25, 0.3) is 99.1 Å². The number of furan rings is 1. The first-order valence-electron chi connectivity index (χ1n) is 20.2. The molecule has 58 heavy (non-hydrogen) atoms. The lowest BCUT2D eigenvalue weighted by Gasteiger charge is -2.30. The van der Waals surface area contributed by atoms with Gasteiger partial charge in [0.25, 0.3) is 0 Å². The van der Waals surface area contributed by atoms with E-state index in [1.54, 1.807) is 0 Å². The van der Waals surface area contributed by atoms with Crippen molar-refractivity contribution in [2.24, 2.45) is 0 Å². The Kier molecular flexibility index (Phi) is 6.43. The molecule has 2 aliphatic carbocycles. The Morgan fingerprint density at radius 3 is 1.33 bits per heavy atom. The predicted octanol–water partition coefficient (Wildman–Crippen LogP) is 15.2. The maximum atomic E-state index is 7.21. The second-order valence-corrected chi connectivity index (χ2v) is 15.8. The van der Waals surface area contributed by atoms with Gasteiger partial charge >= 0.3 is 0 Å². The van der Waals surface area contributed by atoms with Crippen molar-refractivity contribution in [2.75, 3.05) is 0 Å². The van der Waals surface area contributed by atoms with Crippen LogP contribution in [-0.2, 0) is 5.41 Å². The highest BCUT2D eigenvalue weighted by atomic mass is 16.3. The molecular weight excluding hydrogens is 701 g/mol. The number of rotatable bonds is 3. The van der Waals surface area contributed by atoms with Crippen molar-refractivity contribution < 1.29 is 4.42 Å². The van der Waals surface area contributed by atoms with Gasteiger partial charge in [-0.15, -0.1) is 0 Å². The molecule has 0 saturated heterocycles. The minimum absolute atomic E-state index is 0.420. The number of benzene rings is 10. The van der Waals surface area contributed by atoms with Crippen LogP contribution in [0.3, 0.4) is 0 Å². The van der Waals surface area contributed by atoms with E-state index in [2.05, 4.69) is 206 Å². The molecular formula is C57H34O. The maximum Gasteiger partial charge on any atom is 0.143 e. The van der Waals surface area contributed by atoms with Gasteiger partial charge in [0.1, 0.15) is 11.2 Å². The van der Waals surface area contributed by atoms with E-state index >= 15 is 0 Å². The van der Waals surface area contributed by atoms with E-state index in [9.17, 15) is 0 Å². The zero-order valence-corrected chi connectivity index (χ0v) is 31.5. The van der Waals surface area contributed by atoms with Gasteiger partial charge < -0.3 is 4.42 Å². The maximum absolute atomic E-state index is 7.21. The highest BCUT2D eigenvalue weighted by Gasteiger charge is 2.51. The summed E-state index contributed by atoms with van der Waals surface area (Å²) >= 11 is 0. The Bertz CT molecular complexity index is 3390. The molecule has 0 fully saturated rings. The third kappa shape index (κ3) is 4.10. The van der Waals surface area contributed by atoms with E-state index in [1.165, 1.54) is 93.9 Å². The molecule has 13 rings (SSSR count). The van der Waals surface area contributed by atoms with Gasteiger partial charge in [-0.3, -0.25) is 0 Å². The molecule has 1 spiro atoms. The summed E-state index contributed by atoms with van der Waals surface area (Å²) in [7, 11) is 0. The Morgan fingerprint density at radius 1 is 0.276 bits per heavy atom. The fourth-order valence-electron chi connectivity index (χ4n) is 10.8. The molecule has 0 unspecified atom stereocenters. The first kappa shape index (κ1) is 31.7. The van der Waals surface area contributed by atoms with Crippen LogP contribution in [0, 0.1) is 0 Å². The Morgan fingerprint density at radius 2 is 0.724 bits per heavy atom. The third-order valence-corrected chi connectivity index (χ3v) is 13.1. The summed E-state index contributed by atoms with van der Waals surface area (Å²) < 4.78 is 7.21. The zero-order valence-electron chi connectivity index (χ0n) is 31.5. The van der Waals surface area contributed by atoms with Gasteiger partial charge in [-0.25, -0.2) is 0 Å². The largest absolute Gasteiger partial charge is 0.455 e. The molecule has 268 valence electrons. The van der Waals surface area contributed by atoms with E-state index in [-0.39, 0.29) is 0 Å². The number of fused-ring (bicyclic) bond motifs is 15. The van der Waals surface area contributed by atoms with Crippen LogP contribution in [0.1, 0.15) is 22.3 Å². The SMILES string of the molecule is c1ccc(-c2ccc(-c3c4ccccc4c(-c4cccc5c4oc4cc6c(cc45)-c4ccccc4C64c5ccccc5-c5ccccc54)c4ccccc34)cc2)cc1. The van der Waals surface area contributed by atoms with E-state index in [0.29, 0.717) is 0 Å². The second-order valence-electron chi connectivity index (χ2n) is 15.8. The van der Waals surface area contributed by atoms with Gasteiger partial charge in [-0.2, -0.15) is 0 Å². The minimum Gasteiger partial charge on any atom is -0.455 e. The zero-order chi connectivity index (χ0) is 38.0. The molecule has 0 bridgehead atoms. The van der Waals surface area contributed by atoms with Crippen molar-refractivity contribution in [3.8, 4) is 55.6 Å². The molecule has 0 saturated carbocycles. The first-order chi connectivity index (χ1) is 28.8. The lowest BCUT2D eigenvalue weighted by Crippen LogP contribution is -2.25. The summed E-state index contributed by atoms with van der Waals surface area (Å²) in [5, 5.41) is 7.16. The average molecular weight is 735 g/mol. The molecule has 1 aromatic heterocycles. The van der Waals surface area contributed by atoms with Gasteiger partial charge in [0.2, 0.25) is 0 Å². The Balaban J connectivity index is 1.06. The molecule has 1 heteroatoms. The van der Waals surface area contributed by atoms with Gasteiger partial charge in [-0.1, -0.05) is 194 Å². The Labute approximate surface area is 336 Å². The number of para-hydroxylation sites is 1. The number of hydrogen-bond acceptors (Lipinski definition) is 1. The van der Waals surface area contributed by atoms with Crippen molar-refractivity contribution in [2.45, 2.75) is 5.41 Å². The minimum atomic E-state index is -0.420. The van der Waals surface area contributed by atoms with E-state index in [4.69, 9.17) is 4.42 Å². The van der Waals surface area contributed by atoms with E-state index in [1.807, 2.05) is 0 Å². The van der Waals surface area contributed by atoms with Crippen molar-refractivity contribution in [3.63, 3.8) is 0 Å². The van der Waals surface area contributed by atoms with Crippen LogP contribution in [-0.4, -0.2) is 0 Å². The standard InChI is InChI=1S/C57H34O/c1-2-15-35(16-3-1)36-29-31-37(32-30-36)54-41-20-4-6-22-43(41)55(44-23-7-5-21-42(44)54)46-25-14-24-45-48-33-47-40-19-10-13-28-51(40)57(52(47)34-53(48)58-56(45)46)49-26-11-8-17-38(49)39-18-9-12-27-50(39)57/h1-34H. The van der Waals surface area contributed by atoms with Crippen LogP contribution in [0.2, 0.25) is 0 Å². The lowest BCUT2D eigenvalue weighted by molar-refractivity contribution is 0.667. The molecule has 0 aliphatic heterocycles. The molecule has 1 nitrogen and oxygen atoms in total. The highest BCUT2D eigenvalue weighted by molar-refractivity contribution is 6.24. The van der Waals surface area contributed by atoms with Gasteiger partial charge in [0.05, 0.1) is 5.41 Å². The molecule has 2 aliphatic rings. The van der Waals surface area contributed by atoms with E-state index < -0.39 is 5.41 Å². The molecule has 0 N–H and O–H groups in total. The molecule has 0 radical (unpaired) electrons. The van der Waals surface area contributed by atoms with Gasteiger partial charge in [0.15, 0.2) is 0 Å². The summed E-state index contributed by atoms with van der Waals surface area (Å²) in [5.41, 5.74) is 19.1. The normalized spacial score (nSPS) is 13.3. The molecule has 11 aromatic rings. The van der Waals surface area contributed by atoms with Crippen LogP contribution >= 0.6 is 0 Å². The molecule has 10 aromatic carbocycles. The summed E-state index contributed by atoms with van der Waals surface area (Å²) in [6, 6.07) is 75.9. The second kappa shape index (κ2) is 11.8. The van der Waals surface area contributed by atoms with Crippen molar-refractivity contribution in [1.82, 2.24) is 0 Å². The summed E-state index contributed by atoms with van der Waals surface area (Å²) in [6.07, 6.45) is 0. The van der Waals surface area contributed by atoms with Crippen molar-refractivity contribution in [3.05, 3.63) is 229 Å². The average Bonchev–Trinajstić information content (AvgIpc) is 3.91. The highest BCUT2D eigenvalue weighted by Crippen LogP contribution is 2.63. The monoisotopic (exact) mass is 734 g/mol. The van der Waals surface area contributed by atoms with Crippen LogP contribution < -0.4 is 0 Å². The van der Waals surface area contributed by atoms with Gasteiger partial charge in [-0.05, 0) is 100 Å². The van der Waals surface area contributed by atoms with Crippen LogP contribution in [0.5, 0.6) is 0 Å². The van der Waals surface area contributed by atoms with Gasteiger partial charge in [0, 0.05) is 21.9 Å². The fourth-order valence-corrected chi connectivity index (χ4v) is 10.8. The summed E-state index contributed by atoms with van der Waals surface area (Å²) in [6.45, 7) is 0. The van der Waals surface area contributed by atoms with Crippen molar-refractivity contribution >= 4 is 43.5 Å². The predicted molar refractivity (Wildman–Crippen MR) is 241 cm³/mol. The third-order valence-electron chi connectivity index (χ3n) is 13.1. The molecule has 1 heterocycles. The summed E-state index contributed by atoms with van der Waals surface area (Å²) in [4.78, 5) is 0. The van der Waals surface area contributed by atoms with E-state index in [0.717, 1.165) is 27.5 Å². The first-order valence-corrected chi connectivity index (χ1v) is 20.2. The lowest BCUT2D eigenvalue weighted by atomic mass is 9.70. The fraction of sp³-hybridized carbons (Fsp3) is 0.0175. The quantitative estimate of drug-likeness (QED) is 0.165. The van der Waals surface area contributed by atoms with Crippen LogP contribution in [0.4, 0.5) is 0 Å². The number of hydrogen-bond donors (Lipinski definition) is 0. The smallest absolute Gasteiger partial charge is 0.143 e. The van der Waals surface area contributed by atoms with Crippen molar-refractivity contribution in [1.29, 1.82) is 0 Å². The molecule has 0 atom stereocenters. The Hall–Kier alpha value is -7.48.